The van der Waals surface area contributed by atoms with E-state index < -0.39 is 28.5 Å². The molecule has 1 fully saturated rings. The minimum absolute atomic E-state index is 0.0831. The fourth-order valence-corrected chi connectivity index (χ4v) is 5.41. The summed E-state index contributed by atoms with van der Waals surface area (Å²) >= 11 is 0. The van der Waals surface area contributed by atoms with Crippen molar-refractivity contribution in [3.8, 4) is 0 Å². The maximum Gasteiger partial charge on any atom is 0.340 e. The Morgan fingerprint density at radius 3 is 2.56 bits per heavy atom. The van der Waals surface area contributed by atoms with Gasteiger partial charge in [-0.15, -0.1) is 0 Å². The highest BCUT2D eigenvalue weighted by molar-refractivity contribution is 7.89. The molecule has 0 saturated carbocycles. The average molecular weight is 454 g/mol. The first kappa shape index (κ1) is 21.9. The Kier molecular flexibility index (Phi) is 6.48. The summed E-state index contributed by atoms with van der Waals surface area (Å²) in [5.74, 6) is -1.40. The minimum atomic E-state index is -3.82. The van der Waals surface area contributed by atoms with Gasteiger partial charge in [0.25, 0.3) is 5.91 Å². The van der Waals surface area contributed by atoms with Crippen molar-refractivity contribution < 1.29 is 22.7 Å². The third kappa shape index (κ3) is 4.63. The Hall–Kier alpha value is -3.30. The number of rotatable bonds is 6. The van der Waals surface area contributed by atoms with Gasteiger partial charge in [-0.05, 0) is 49.2 Å². The van der Waals surface area contributed by atoms with Crippen LogP contribution in [0.3, 0.4) is 0 Å². The number of benzene rings is 2. The number of sulfonamides is 1. The summed E-state index contributed by atoms with van der Waals surface area (Å²) in [5, 5.41) is 3.46. The van der Waals surface area contributed by atoms with Crippen molar-refractivity contribution >= 4 is 38.5 Å². The number of amides is 1. The molecule has 1 aliphatic rings. The number of nitrogens with one attached hydrogen (secondary N) is 1. The minimum Gasteiger partial charge on any atom is -0.452 e. The molecule has 0 atom stereocenters. The van der Waals surface area contributed by atoms with Gasteiger partial charge < -0.3 is 10.1 Å². The van der Waals surface area contributed by atoms with E-state index in [9.17, 15) is 18.0 Å². The first-order valence-corrected chi connectivity index (χ1v) is 11.8. The number of carbonyl (C=O) groups is 2. The van der Waals surface area contributed by atoms with Crippen LogP contribution in [0, 0.1) is 0 Å². The third-order valence-corrected chi connectivity index (χ3v) is 7.25. The average Bonchev–Trinajstić information content (AvgIpc) is 2.83. The highest BCUT2D eigenvalue weighted by atomic mass is 32.2. The van der Waals surface area contributed by atoms with E-state index in [0.29, 0.717) is 18.8 Å². The van der Waals surface area contributed by atoms with E-state index in [4.69, 9.17) is 4.74 Å². The molecule has 2 heterocycles. The molecule has 4 rings (SSSR count). The second-order valence-electron chi connectivity index (χ2n) is 7.46. The predicted octanol–water partition coefficient (Wildman–Crippen LogP) is 3.20. The molecule has 0 bridgehead atoms. The molecular formula is C23H23N3O5S. The number of piperidine rings is 1. The van der Waals surface area contributed by atoms with Crippen molar-refractivity contribution in [3.63, 3.8) is 0 Å². The number of aromatic nitrogens is 1. The van der Waals surface area contributed by atoms with Crippen molar-refractivity contribution in [3.05, 3.63) is 66.4 Å². The normalized spacial score (nSPS) is 14.8. The standard InChI is InChI=1S/C23H23N3O5S/c27-22(25-20-11-6-10-19-17(20)9-7-13-24-19)16-31-23(28)18-8-2-3-12-21(18)32(29,30)26-14-4-1-5-15-26/h2-3,6-13H,1,4-5,14-16H2,(H,25,27). The summed E-state index contributed by atoms with van der Waals surface area (Å²) in [7, 11) is -3.82. The molecular weight excluding hydrogens is 430 g/mol. The molecule has 0 radical (unpaired) electrons. The summed E-state index contributed by atoms with van der Waals surface area (Å²) in [6.07, 6.45) is 4.22. The zero-order chi connectivity index (χ0) is 22.6. The number of esters is 1. The number of fused-ring (bicyclic) bond motifs is 1. The van der Waals surface area contributed by atoms with Gasteiger partial charge in [-0.1, -0.05) is 24.6 Å². The van der Waals surface area contributed by atoms with Crippen LogP contribution in [0.5, 0.6) is 0 Å². The highest BCUT2D eigenvalue weighted by Gasteiger charge is 2.30. The summed E-state index contributed by atoms with van der Waals surface area (Å²) in [5.41, 5.74) is 1.18. The molecule has 1 amide bonds. The number of hydrogen-bond donors (Lipinski definition) is 1. The van der Waals surface area contributed by atoms with Crippen LogP contribution in [-0.2, 0) is 19.6 Å². The molecule has 3 aromatic rings. The molecule has 1 saturated heterocycles. The van der Waals surface area contributed by atoms with Gasteiger partial charge in [0.05, 0.1) is 21.7 Å². The molecule has 8 nitrogen and oxygen atoms in total. The van der Waals surface area contributed by atoms with Crippen LogP contribution in [0.25, 0.3) is 10.9 Å². The SMILES string of the molecule is O=C(COC(=O)c1ccccc1S(=O)(=O)N1CCCCC1)Nc1cccc2ncccc12. The number of carbonyl (C=O) groups excluding carboxylic acids is 2. The Balaban J connectivity index is 1.46. The fraction of sp³-hybridized carbons (Fsp3) is 0.261. The maximum atomic E-state index is 13.0. The monoisotopic (exact) mass is 453 g/mol. The van der Waals surface area contributed by atoms with E-state index in [1.54, 1.807) is 36.5 Å². The number of nitrogens with zero attached hydrogens (tertiary/aromatic N) is 2. The molecule has 9 heteroatoms. The van der Waals surface area contributed by atoms with Crippen molar-refractivity contribution in [1.82, 2.24) is 9.29 Å². The lowest BCUT2D eigenvalue weighted by Gasteiger charge is -2.26. The highest BCUT2D eigenvalue weighted by Crippen LogP contribution is 2.24. The zero-order valence-electron chi connectivity index (χ0n) is 17.4. The van der Waals surface area contributed by atoms with Crippen LogP contribution in [0.15, 0.2) is 65.7 Å². The van der Waals surface area contributed by atoms with Crippen molar-refractivity contribution in [1.29, 1.82) is 0 Å². The molecule has 1 aliphatic heterocycles. The van der Waals surface area contributed by atoms with Gasteiger partial charge in [0, 0.05) is 24.7 Å². The lowest BCUT2D eigenvalue weighted by molar-refractivity contribution is -0.119. The molecule has 0 unspecified atom stereocenters. The molecule has 32 heavy (non-hydrogen) atoms. The maximum absolute atomic E-state index is 13.0. The lowest BCUT2D eigenvalue weighted by atomic mass is 10.2. The summed E-state index contributed by atoms with van der Waals surface area (Å²) in [6.45, 7) is 0.301. The van der Waals surface area contributed by atoms with Crippen LogP contribution >= 0.6 is 0 Å². The van der Waals surface area contributed by atoms with E-state index in [2.05, 4.69) is 10.3 Å². The molecule has 0 spiro atoms. The quantitative estimate of drug-likeness (QED) is 0.575. The van der Waals surface area contributed by atoms with Crippen molar-refractivity contribution in [2.75, 3.05) is 25.0 Å². The Labute approximate surface area is 186 Å². The summed E-state index contributed by atoms with van der Waals surface area (Å²) < 4.78 is 32.6. The Morgan fingerprint density at radius 2 is 1.75 bits per heavy atom. The van der Waals surface area contributed by atoms with Crippen LogP contribution in [0.1, 0.15) is 29.6 Å². The van der Waals surface area contributed by atoms with Crippen LogP contribution in [0.2, 0.25) is 0 Å². The number of hydrogen-bond acceptors (Lipinski definition) is 6. The molecule has 1 N–H and O–H groups in total. The fourth-order valence-electron chi connectivity index (χ4n) is 3.71. The Morgan fingerprint density at radius 1 is 0.969 bits per heavy atom. The largest absolute Gasteiger partial charge is 0.452 e. The van der Waals surface area contributed by atoms with Gasteiger partial charge in [0.15, 0.2) is 6.61 Å². The second kappa shape index (κ2) is 9.46. The molecule has 1 aromatic heterocycles. The molecule has 0 aliphatic carbocycles. The number of ether oxygens (including phenoxy) is 1. The first-order valence-electron chi connectivity index (χ1n) is 10.4. The third-order valence-electron chi connectivity index (χ3n) is 5.29. The van der Waals surface area contributed by atoms with Crippen LogP contribution in [0.4, 0.5) is 5.69 Å². The lowest BCUT2D eigenvalue weighted by Crippen LogP contribution is -2.36. The van der Waals surface area contributed by atoms with E-state index in [0.717, 1.165) is 30.2 Å². The van der Waals surface area contributed by atoms with Gasteiger partial charge in [-0.3, -0.25) is 9.78 Å². The van der Waals surface area contributed by atoms with Gasteiger partial charge in [0.1, 0.15) is 0 Å². The van der Waals surface area contributed by atoms with E-state index in [1.807, 2.05) is 12.1 Å². The zero-order valence-corrected chi connectivity index (χ0v) is 18.2. The van der Waals surface area contributed by atoms with Gasteiger partial charge in [-0.2, -0.15) is 4.31 Å². The molecule has 166 valence electrons. The summed E-state index contributed by atoms with van der Waals surface area (Å²) in [4.78, 5) is 29.2. The predicted molar refractivity (Wildman–Crippen MR) is 120 cm³/mol. The van der Waals surface area contributed by atoms with E-state index >= 15 is 0 Å². The first-order chi connectivity index (χ1) is 15.5. The smallest absolute Gasteiger partial charge is 0.340 e. The van der Waals surface area contributed by atoms with Crippen LogP contribution in [-0.4, -0.2) is 49.3 Å². The van der Waals surface area contributed by atoms with Gasteiger partial charge >= 0.3 is 5.97 Å². The number of anilines is 1. The van der Waals surface area contributed by atoms with Crippen molar-refractivity contribution in [2.24, 2.45) is 0 Å². The van der Waals surface area contributed by atoms with Crippen LogP contribution < -0.4 is 5.32 Å². The topological polar surface area (TPSA) is 106 Å². The van der Waals surface area contributed by atoms with E-state index in [1.165, 1.54) is 16.4 Å². The molecule has 2 aromatic carbocycles. The second-order valence-corrected chi connectivity index (χ2v) is 9.37. The Bertz CT molecular complexity index is 1250. The van der Waals surface area contributed by atoms with E-state index in [-0.39, 0.29) is 10.5 Å². The summed E-state index contributed by atoms with van der Waals surface area (Å²) in [6, 6.07) is 14.8. The van der Waals surface area contributed by atoms with Gasteiger partial charge in [0.2, 0.25) is 10.0 Å². The van der Waals surface area contributed by atoms with Crippen molar-refractivity contribution in [2.45, 2.75) is 24.2 Å². The number of pyridine rings is 1. The van der Waals surface area contributed by atoms with Gasteiger partial charge in [-0.25, -0.2) is 13.2 Å².